The molecular formula is C21H18N4O3. The number of aliphatic imine (C=N–C) groups is 1. The van der Waals surface area contributed by atoms with Crippen molar-refractivity contribution < 1.29 is 9.90 Å². The van der Waals surface area contributed by atoms with Gasteiger partial charge in [-0.15, -0.1) is 0 Å². The van der Waals surface area contributed by atoms with Crippen LogP contribution in [0.4, 0.5) is 11.4 Å². The van der Waals surface area contributed by atoms with Gasteiger partial charge in [-0.1, -0.05) is 36.4 Å². The lowest BCUT2D eigenvalue weighted by Crippen LogP contribution is -2.25. The van der Waals surface area contributed by atoms with Gasteiger partial charge in [-0.3, -0.25) is 14.4 Å². The van der Waals surface area contributed by atoms with Gasteiger partial charge in [0.1, 0.15) is 12.2 Å². The van der Waals surface area contributed by atoms with Gasteiger partial charge in [0.15, 0.2) is 0 Å². The number of para-hydroxylation sites is 2. The third-order valence-electron chi connectivity index (χ3n) is 4.56. The van der Waals surface area contributed by atoms with Crippen LogP contribution in [0.15, 0.2) is 58.3 Å². The van der Waals surface area contributed by atoms with Gasteiger partial charge in [0.05, 0.1) is 5.69 Å². The number of nitrogens with zero attached hydrogens (tertiary/aromatic N) is 2. The lowest BCUT2D eigenvalue weighted by atomic mass is 10.1. The van der Waals surface area contributed by atoms with Crippen LogP contribution in [-0.2, 0) is 11.3 Å². The second-order valence-electron chi connectivity index (χ2n) is 6.49. The summed E-state index contributed by atoms with van der Waals surface area (Å²) in [5.74, 6) is -0.701. The van der Waals surface area contributed by atoms with Crippen molar-refractivity contribution >= 4 is 35.1 Å². The molecule has 0 saturated heterocycles. The number of hydrogen-bond acceptors (Lipinski definition) is 4. The van der Waals surface area contributed by atoms with E-state index in [1.165, 1.54) is 0 Å². The van der Waals surface area contributed by atoms with E-state index in [9.17, 15) is 14.7 Å². The maximum atomic E-state index is 12.3. The lowest BCUT2D eigenvalue weighted by Gasteiger charge is -2.08. The van der Waals surface area contributed by atoms with E-state index in [1.54, 1.807) is 18.4 Å². The molecule has 0 fully saturated rings. The molecule has 3 aromatic rings. The minimum absolute atomic E-state index is 0.229. The number of aromatic nitrogens is 2. The predicted molar refractivity (Wildman–Crippen MR) is 109 cm³/mol. The fourth-order valence-corrected chi connectivity index (χ4v) is 3.08. The number of benzene rings is 2. The molecule has 4 rings (SSSR count). The van der Waals surface area contributed by atoms with Crippen LogP contribution in [0.1, 0.15) is 16.8 Å². The van der Waals surface area contributed by atoms with Crippen molar-refractivity contribution in [2.75, 3.05) is 5.32 Å². The zero-order valence-electron chi connectivity index (χ0n) is 15.1. The fraction of sp³-hybridized carbons (Fsp3) is 0.0952. The first-order valence-electron chi connectivity index (χ1n) is 8.75. The Morgan fingerprint density at radius 3 is 2.79 bits per heavy atom. The minimum atomic E-state index is -0.562. The van der Waals surface area contributed by atoms with Gasteiger partial charge in [0.25, 0.3) is 0 Å². The first kappa shape index (κ1) is 17.5. The monoisotopic (exact) mass is 374 g/mol. The smallest absolute Gasteiger partial charge is 0.329 e. The largest absolute Gasteiger partial charge is 0.493 e. The summed E-state index contributed by atoms with van der Waals surface area (Å²) in [5, 5.41) is 13.2. The normalized spacial score (nSPS) is 13.7. The van der Waals surface area contributed by atoms with Crippen LogP contribution in [0, 0.1) is 6.92 Å². The van der Waals surface area contributed by atoms with Crippen LogP contribution in [0.25, 0.3) is 11.6 Å². The highest BCUT2D eigenvalue weighted by molar-refractivity contribution is 6.21. The third-order valence-corrected chi connectivity index (χ3v) is 4.56. The zero-order valence-corrected chi connectivity index (χ0v) is 15.1. The number of anilines is 1. The fourth-order valence-electron chi connectivity index (χ4n) is 3.08. The number of aryl methyl sites for hydroxylation is 1. The Hall–Kier alpha value is -3.87. The average Bonchev–Trinajstić information content (AvgIpc) is 3.20. The van der Waals surface area contributed by atoms with Crippen molar-refractivity contribution in [1.29, 1.82) is 0 Å². The Morgan fingerprint density at radius 1 is 1.21 bits per heavy atom. The summed E-state index contributed by atoms with van der Waals surface area (Å²) in [6.45, 7) is 1.57. The maximum Gasteiger partial charge on any atom is 0.329 e. The number of aromatic hydroxyl groups is 1. The SMILES string of the molecule is Cc1ccccc1NC(=O)Cn1c(O)c(/C=C2\C=Nc3ccccc32)[nH]c1=O. The molecule has 7 nitrogen and oxygen atoms in total. The zero-order chi connectivity index (χ0) is 19.7. The predicted octanol–water partition coefficient (Wildman–Crippen LogP) is 3.09. The molecule has 0 aliphatic carbocycles. The molecule has 28 heavy (non-hydrogen) atoms. The van der Waals surface area contributed by atoms with Gasteiger partial charge in [0.2, 0.25) is 11.8 Å². The molecule has 0 unspecified atom stereocenters. The number of nitrogens with one attached hydrogen (secondary N) is 2. The van der Waals surface area contributed by atoms with Crippen LogP contribution >= 0.6 is 0 Å². The van der Waals surface area contributed by atoms with Crippen LogP contribution in [0.2, 0.25) is 0 Å². The molecular weight excluding hydrogens is 356 g/mol. The van der Waals surface area contributed by atoms with E-state index < -0.39 is 11.6 Å². The first-order valence-corrected chi connectivity index (χ1v) is 8.75. The summed E-state index contributed by atoms with van der Waals surface area (Å²) >= 11 is 0. The number of H-pyrrole nitrogens is 1. The number of amides is 1. The molecule has 7 heteroatoms. The van der Waals surface area contributed by atoms with Gasteiger partial charge in [0, 0.05) is 23.0 Å². The standard InChI is InChI=1S/C21H18N4O3/c1-13-6-2-4-8-16(13)23-19(26)12-25-20(27)18(24-21(25)28)10-14-11-22-17-9-5-3-7-15(14)17/h2-11,27H,12H2,1H3,(H,23,26)(H,24,28)/b14-10+. The Morgan fingerprint density at radius 2 is 1.96 bits per heavy atom. The molecule has 0 radical (unpaired) electrons. The summed E-state index contributed by atoms with van der Waals surface area (Å²) < 4.78 is 0.998. The Bertz CT molecular complexity index is 1180. The Kier molecular flexibility index (Phi) is 4.41. The molecule has 1 aliphatic rings. The van der Waals surface area contributed by atoms with E-state index in [0.717, 1.165) is 27.0 Å². The van der Waals surface area contributed by atoms with E-state index in [0.29, 0.717) is 5.69 Å². The van der Waals surface area contributed by atoms with Crippen molar-refractivity contribution in [3.63, 3.8) is 0 Å². The Labute approximate surface area is 160 Å². The highest BCUT2D eigenvalue weighted by Gasteiger charge is 2.17. The van der Waals surface area contributed by atoms with E-state index >= 15 is 0 Å². The molecule has 2 heterocycles. The van der Waals surface area contributed by atoms with Crippen LogP contribution in [-0.4, -0.2) is 26.8 Å². The molecule has 140 valence electrons. The van der Waals surface area contributed by atoms with Crippen molar-refractivity contribution in [3.05, 3.63) is 75.8 Å². The van der Waals surface area contributed by atoms with Crippen LogP contribution < -0.4 is 11.0 Å². The first-order chi connectivity index (χ1) is 13.5. The average molecular weight is 374 g/mol. The summed E-state index contributed by atoms with van der Waals surface area (Å²) in [6, 6.07) is 14.9. The number of imidazole rings is 1. The van der Waals surface area contributed by atoms with E-state index in [2.05, 4.69) is 15.3 Å². The number of hydrogen-bond donors (Lipinski definition) is 3. The van der Waals surface area contributed by atoms with E-state index in [1.807, 2.05) is 49.4 Å². The van der Waals surface area contributed by atoms with Crippen molar-refractivity contribution in [3.8, 4) is 5.88 Å². The summed E-state index contributed by atoms with van der Waals surface area (Å²) in [7, 11) is 0. The van der Waals surface area contributed by atoms with E-state index in [-0.39, 0.29) is 18.1 Å². The molecule has 2 aromatic carbocycles. The van der Waals surface area contributed by atoms with Gasteiger partial charge in [-0.25, -0.2) is 4.79 Å². The molecule has 1 amide bonds. The van der Waals surface area contributed by atoms with Gasteiger partial charge >= 0.3 is 5.69 Å². The second-order valence-corrected chi connectivity index (χ2v) is 6.49. The van der Waals surface area contributed by atoms with Gasteiger partial charge < -0.3 is 15.4 Å². The highest BCUT2D eigenvalue weighted by Crippen LogP contribution is 2.32. The number of carbonyl (C=O) groups excluding carboxylic acids is 1. The topological polar surface area (TPSA) is 99.5 Å². The van der Waals surface area contributed by atoms with Gasteiger partial charge in [-0.05, 0) is 30.7 Å². The maximum absolute atomic E-state index is 12.3. The second kappa shape index (κ2) is 7.03. The number of aromatic amines is 1. The van der Waals surface area contributed by atoms with Crippen molar-refractivity contribution in [2.45, 2.75) is 13.5 Å². The molecule has 0 bridgehead atoms. The number of fused-ring (bicyclic) bond motifs is 1. The van der Waals surface area contributed by atoms with Crippen LogP contribution in [0.5, 0.6) is 5.88 Å². The number of carbonyl (C=O) groups is 1. The van der Waals surface area contributed by atoms with E-state index in [4.69, 9.17) is 0 Å². The van der Waals surface area contributed by atoms with Crippen molar-refractivity contribution in [2.24, 2.45) is 4.99 Å². The molecule has 3 N–H and O–H groups in total. The molecule has 1 aromatic heterocycles. The Balaban J connectivity index is 1.58. The third kappa shape index (κ3) is 3.25. The molecule has 0 atom stereocenters. The summed E-state index contributed by atoms with van der Waals surface area (Å²) in [5.41, 5.74) is 3.74. The summed E-state index contributed by atoms with van der Waals surface area (Å²) in [4.78, 5) is 31.5. The highest BCUT2D eigenvalue weighted by atomic mass is 16.3. The summed E-state index contributed by atoms with van der Waals surface area (Å²) in [6.07, 6.45) is 3.31. The molecule has 0 spiro atoms. The van der Waals surface area contributed by atoms with Crippen LogP contribution in [0.3, 0.4) is 0 Å². The molecule has 1 aliphatic heterocycles. The van der Waals surface area contributed by atoms with Gasteiger partial charge in [-0.2, -0.15) is 0 Å². The number of rotatable bonds is 4. The van der Waals surface area contributed by atoms with Crippen molar-refractivity contribution in [1.82, 2.24) is 9.55 Å². The minimum Gasteiger partial charge on any atom is -0.493 e. The lowest BCUT2D eigenvalue weighted by molar-refractivity contribution is -0.116. The molecule has 0 saturated carbocycles. The number of allylic oxidation sites excluding steroid dienone is 1. The quantitative estimate of drug-likeness (QED) is 0.654.